The number of nitrogens with one attached hydrogen (secondary N) is 2. The van der Waals surface area contributed by atoms with Gasteiger partial charge in [-0.2, -0.15) is 0 Å². The lowest BCUT2D eigenvalue weighted by atomic mass is 10.1. The van der Waals surface area contributed by atoms with Crippen LogP contribution in [0, 0.1) is 0 Å². The summed E-state index contributed by atoms with van der Waals surface area (Å²) in [5.41, 5.74) is 2.83. The molecule has 0 amide bonds. The quantitative estimate of drug-likeness (QED) is 0.437. The van der Waals surface area contributed by atoms with Crippen LogP contribution in [-0.2, 0) is 11.2 Å². The SMILES string of the molecule is CCOCCCNC(=NC)NCCN1c2ccccc2CC1C. The fourth-order valence-corrected chi connectivity index (χ4v) is 3.01. The molecule has 0 saturated heterocycles. The molecule has 0 aromatic heterocycles. The minimum absolute atomic E-state index is 0.565. The standard InChI is InChI=1S/C18H30N4O/c1-4-23-13-7-10-20-18(19-3)21-11-12-22-15(2)14-16-8-5-6-9-17(16)22/h5-6,8-9,15H,4,7,10-14H2,1-3H3,(H2,19,20,21). The Morgan fingerprint density at radius 1 is 1.30 bits per heavy atom. The molecule has 0 saturated carbocycles. The predicted octanol–water partition coefficient (Wildman–Crippen LogP) is 2.03. The van der Waals surface area contributed by atoms with Crippen LogP contribution < -0.4 is 15.5 Å². The molecule has 1 aliphatic rings. The molecule has 1 unspecified atom stereocenters. The number of anilines is 1. The zero-order valence-electron chi connectivity index (χ0n) is 14.6. The molecular weight excluding hydrogens is 288 g/mol. The molecule has 2 N–H and O–H groups in total. The van der Waals surface area contributed by atoms with Gasteiger partial charge in [-0.25, -0.2) is 0 Å². The van der Waals surface area contributed by atoms with Crippen LogP contribution in [0.25, 0.3) is 0 Å². The first-order valence-electron chi connectivity index (χ1n) is 8.63. The number of aliphatic imine (C=N–C) groups is 1. The highest BCUT2D eigenvalue weighted by Gasteiger charge is 2.24. The first-order chi connectivity index (χ1) is 11.3. The molecule has 1 heterocycles. The maximum atomic E-state index is 5.34. The van der Waals surface area contributed by atoms with Crippen molar-refractivity contribution < 1.29 is 4.74 Å². The molecule has 23 heavy (non-hydrogen) atoms. The van der Waals surface area contributed by atoms with E-state index in [0.717, 1.165) is 51.6 Å². The van der Waals surface area contributed by atoms with Crippen LogP contribution in [-0.4, -0.2) is 51.9 Å². The molecular formula is C18H30N4O. The van der Waals surface area contributed by atoms with Crippen molar-refractivity contribution in [1.29, 1.82) is 0 Å². The van der Waals surface area contributed by atoms with E-state index in [0.29, 0.717) is 6.04 Å². The van der Waals surface area contributed by atoms with Crippen molar-refractivity contribution in [2.75, 3.05) is 44.8 Å². The number of ether oxygens (including phenoxy) is 1. The average molecular weight is 318 g/mol. The molecule has 0 bridgehead atoms. The molecule has 5 heteroatoms. The summed E-state index contributed by atoms with van der Waals surface area (Å²) in [5.74, 6) is 0.863. The van der Waals surface area contributed by atoms with Gasteiger partial charge in [-0.15, -0.1) is 0 Å². The van der Waals surface area contributed by atoms with E-state index in [1.807, 2.05) is 14.0 Å². The van der Waals surface area contributed by atoms with Gasteiger partial charge in [0.25, 0.3) is 0 Å². The van der Waals surface area contributed by atoms with Gasteiger partial charge in [0.1, 0.15) is 0 Å². The Morgan fingerprint density at radius 2 is 2.09 bits per heavy atom. The van der Waals surface area contributed by atoms with E-state index in [-0.39, 0.29) is 0 Å². The van der Waals surface area contributed by atoms with E-state index < -0.39 is 0 Å². The van der Waals surface area contributed by atoms with Crippen LogP contribution in [0.5, 0.6) is 0 Å². The van der Waals surface area contributed by atoms with E-state index in [4.69, 9.17) is 4.74 Å². The second-order valence-corrected chi connectivity index (χ2v) is 5.85. The maximum Gasteiger partial charge on any atom is 0.191 e. The zero-order chi connectivity index (χ0) is 16.5. The molecule has 1 atom stereocenters. The third-order valence-electron chi connectivity index (χ3n) is 4.18. The summed E-state index contributed by atoms with van der Waals surface area (Å²) in [6.45, 7) is 8.63. The van der Waals surface area contributed by atoms with Gasteiger partial charge in [-0.3, -0.25) is 4.99 Å². The third-order valence-corrected chi connectivity index (χ3v) is 4.18. The van der Waals surface area contributed by atoms with Gasteiger partial charge in [0, 0.05) is 51.6 Å². The van der Waals surface area contributed by atoms with E-state index in [1.54, 1.807) is 0 Å². The maximum absolute atomic E-state index is 5.34. The number of nitrogens with zero attached hydrogens (tertiary/aromatic N) is 2. The Bertz CT molecular complexity index is 504. The van der Waals surface area contributed by atoms with Crippen LogP contribution in [0.3, 0.4) is 0 Å². The fraction of sp³-hybridized carbons (Fsp3) is 0.611. The average Bonchev–Trinajstić information content (AvgIpc) is 2.88. The Morgan fingerprint density at radius 3 is 2.87 bits per heavy atom. The fourth-order valence-electron chi connectivity index (χ4n) is 3.01. The zero-order valence-corrected chi connectivity index (χ0v) is 14.6. The lowest BCUT2D eigenvalue weighted by Gasteiger charge is -2.25. The number of fused-ring (bicyclic) bond motifs is 1. The second kappa shape index (κ2) is 9.40. The summed E-state index contributed by atoms with van der Waals surface area (Å²) in [7, 11) is 1.81. The van der Waals surface area contributed by atoms with Gasteiger partial charge in [-0.1, -0.05) is 18.2 Å². The number of hydrogen-bond donors (Lipinski definition) is 2. The topological polar surface area (TPSA) is 48.9 Å². The highest BCUT2D eigenvalue weighted by atomic mass is 16.5. The molecule has 5 nitrogen and oxygen atoms in total. The van der Waals surface area contributed by atoms with Gasteiger partial charge in [0.15, 0.2) is 5.96 Å². The smallest absolute Gasteiger partial charge is 0.191 e. The summed E-state index contributed by atoms with van der Waals surface area (Å²) >= 11 is 0. The third kappa shape index (κ3) is 5.13. The summed E-state index contributed by atoms with van der Waals surface area (Å²) in [5, 5.41) is 6.72. The summed E-state index contributed by atoms with van der Waals surface area (Å²) in [6.07, 6.45) is 2.13. The van der Waals surface area contributed by atoms with Crippen LogP contribution in [0.2, 0.25) is 0 Å². The Labute approximate surface area is 140 Å². The highest BCUT2D eigenvalue weighted by Crippen LogP contribution is 2.30. The number of rotatable bonds is 8. The van der Waals surface area contributed by atoms with E-state index in [2.05, 4.69) is 51.7 Å². The molecule has 1 aliphatic heterocycles. The first-order valence-corrected chi connectivity index (χ1v) is 8.63. The van der Waals surface area contributed by atoms with Gasteiger partial charge < -0.3 is 20.3 Å². The van der Waals surface area contributed by atoms with Crippen molar-refractivity contribution in [2.45, 2.75) is 32.7 Å². The molecule has 1 aromatic carbocycles. The summed E-state index contributed by atoms with van der Waals surface area (Å²) in [4.78, 5) is 6.75. The summed E-state index contributed by atoms with van der Waals surface area (Å²) in [6, 6.07) is 9.27. The Hall–Kier alpha value is -1.75. The second-order valence-electron chi connectivity index (χ2n) is 5.85. The Balaban J connectivity index is 1.71. The highest BCUT2D eigenvalue weighted by molar-refractivity contribution is 5.79. The minimum Gasteiger partial charge on any atom is -0.382 e. The number of benzene rings is 1. The number of para-hydroxylation sites is 1. The molecule has 1 aromatic rings. The van der Waals surface area contributed by atoms with Crippen molar-refractivity contribution in [2.24, 2.45) is 4.99 Å². The predicted molar refractivity (Wildman–Crippen MR) is 97.4 cm³/mol. The lowest BCUT2D eigenvalue weighted by Crippen LogP contribution is -2.43. The molecule has 0 aliphatic carbocycles. The Kier molecular flexibility index (Phi) is 7.20. The number of hydrogen-bond acceptors (Lipinski definition) is 3. The van der Waals surface area contributed by atoms with Crippen molar-refractivity contribution >= 4 is 11.6 Å². The minimum atomic E-state index is 0.565. The molecule has 0 radical (unpaired) electrons. The van der Waals surface area contributed by atoms with Gasteiger partial charge in [-0.05, 0) is 38.3 Å². The molecule has 128 valence electrons. The molecule has 0 spiro atoms. The van der Waals surface area contributed by atoms with Gasteiger partial charge in [0.2, 0.25) is 0 Å². The monoisotopic (exact) mass is 318 g/mol. The normalized spacial score (nSPS) is 17.3. The van der Waals surface area contributed by atoms with Gasteiger partial charge >= 0.3 is 0 Å². The molecule has 0 fully saturated rings. The summed E-state index contributed by atoms with van der Waals surface area (Å²) < 4.78 is 5.34. The van der Waals surface area contributed by atoms with Crippen LogP contribution >= 0.6 is 0 Å². The van der Waals surface area contributed by atoms with E-state index in [1.165, 1.54) is 11.3 Å². The van der Waals surface area contributed by atoms with E-state index >= 15 is 0 Å². The lowest BCUT2D eigenvalue weighted by molar-refractivity contribution is 0.145. The first kappa shape index (κ1) is 17.6. The van der Waals surface area contributed by atoms with E-state index in [9.17, 15) is 0 Å². The molecule has 2 rings (SSSR count). The number of guanidine groups is 1. The van der Waals surface area contributed by atoms with Crippen LogP contribution in [0.4, 0.5) is 5.69 Å². The van der Waals surface area contributed by atoms with Gasteiger partial charge in [0.05, 0.1) is 0 Å². The van der Waals surface area contributed by atoms with Crippen molar-refractivity contribution in [3.63, 3.8) is 0 Å². The van der Waals surface area contributed by atoms with Crippen LogP contribution in [0.15, 0.2) is 29.3 Å². The largest absolute Gasteiger partial charge is 0.382 e. The van der Waals surface area contributed by atoms with Crippen molar-refractivity contribution in [1.82, 2.24) is 10.6 Å². The van der Waals surface area contributed by atoms with Crippen molar-refractivity contribution in [3.8, 4) is 0 Å². The van der Waals surface area contributed by atoms with Crippen LogP contribution in [0.1, 0.15) is 25.8 Å². The van der Waals surface area contributed by atoms with Crippen molar-refractivity contribution in [3.05, 3.63) is 29.8 Å².